The van der Waals surface area contributed by atoms with Crippen LogP contribution in [0.3, 0.4) is 0 Å². The van der Waals surface area contributed by atoms with Gasteiger partial charge in [0.05, 0.1) is 11.4 Å². The van der Waals surface area contributed by atoms with E-state index in [1.807, 2.05) is 6.92 Å². The van der Waals surface area contributed by atoms with E-state index in [9.17, 15) is 18.3 Å². The number of aryl methyl sites for hydroxylation is 1. The molecule has 2 rings (SSSR count). The van der Waals surface area contributed by atoms with Crippen LogP contribution in [-0.4, -0.2) is 29.6 Å². The number of carbonyl (C=O) groups is 1. The number of carboxylic acid groups (broad SMARTS) is 1. The van der Waals surface area contributed by atoms with Crippen LogP contribution in [0.2, 0.25) is 0 Å². The molecular formula is C12H12N2O5S2. The lowest BCUT2D eigenvalue weighted by molar-refractivity contribution is 0.0693. The molecule has 1 aromatic heterocycles. The maximum absolute atomic E-state index is 12.1. The molecule has 0 unspecified atom stereocenters. The molecule has 112 valence electrons. The van der Waals surface area contributed by atoms with Crippen molar-refractivity contribution in [3.63, 3.8) is 0 Å². The molecule has 0 amide bonds. The van der Waals surface area contributed by atoms with Crippen molar-refractivity contribution in [3.8, 4) is 5.75 Å². The summed E-state index contributed by atoms with van der Waals surface area (Å²) < 4.78 is 26.5. The van der Waals surface area contributed by atoms with Gasteiger partial charge in [-0.1, -0.05) is 0 Å². The number of nitrogens with zero attached hydrogens (tertiary/aromatic N) is 1. The summed E-state index contributed by atoms with van der Waals surface area (Å²) in [7, 11) is -3.88. The number of carboxylic acids is 1. The van der Waals surface area contributed by atoms with E-state index in [4.69, 9.17) is 5.11 Å². The SMILES string of the molecule is Cc1cnc(CNS(=O)(=O)c2ccc(O)c(C(=O)O)c2)s1. The lowest BCUT2D eigenvalue weighted by atomic mass is 10.2. The average molecular weight is 328 g/mol. The number of aromatic carboxylic acids is 1. The van der Waals surface area contributed by atoms with Gasteiger partial charge in [0, 0.05) is 11.1 Å². The van der Waals surface area contributed by atoms with E-state index >= 15 is 0 Å². The standard InChI is InChI=1S/C12H12N2O5S2/c1-7-5-13-11(20-7)6-14-21(18,19)8-2-3-10(15)9(4-8)12(16)17/h2-5,14-15H,6H2,1H3,(H,16,17). The van der Waals surface area contributed by atoms with Crippen molar-refractivity contribution >= 4 is 27.3 Å². The molecular weight excluding hydrogens is 316 g/mol. The Hall–Kier alpha value is -1.97. The van der Waals surface area contributed by atoms with Crippen molar-refractivity contribution in [1.29, 1.82) is 0 Å². The number of aromatic hydroxyl groups is 1. The molecule has 0 aliphatic rings. The van der Waals surface area contributed by atoms with Gasteiger partial charge in [-0.05, 0) is 25.1 Å². The lowest BCUT2D eigenvalue weighted by Gasteiger charge is -2.07. The smallest absolute Gasteiger partial charge is 0.339 e. The summed E-state index contributed by atoms with van der Waals surface area (Å²) in [6, 6.07) is 3.08. The Morgan fingerprint density at radius 2 is 2.14 bits per heavy atom. The van der Waals surface area contributed by atoms with E-state index in [1.54, 1.807) is 6.20 Å². The summed E-state index contributed by atoms with van der Waals surface area (Å²) in [6.45, 7) is 1.87. The fourth-order valence-corrected chi connectivity index (χ4v) is 3.41. The van der Waals surface area contributed by atoms with E-state index in [2.05, 4.69) is 9.71 Å². The number of hydrogen-bond acceptors (Lipinski definition) is 6. The Labute approximate surface area is 125 Å². The van der Waals surface area contributed by atoms with Crippen LogP contribution in [0.4, 0.5) is 0 Å². The minimum absolute atomic E-state index is 0.0180. The third-order valence-corrected chi connectivity index (χ3v) is 4.90. The second kappa shape index (κ2) is 5.80. The summed E-state index contributed by atoms with van der Waals surface area (Å²) in [5.41, 5.74) is -0.469. The molecule has 0 fully saturated rings. The summed E-state index contributed by atoms with van der Waals surface area (Å²) >= 11 is 1.36. The molecule has 9 heteroatoms. The molecule has 1 heterocycles. The quantitative estimate of drug-likeness (QED) is 0.762. The van der Waals surface area contributed by atoms with E-state index in [0.717, 1.165) is 23.1 Å². The van der Waals surface area contributed by atoms with Crippen molar-refractivity contribution in [1.82, 2.24) is 9.71 Å². The van der Waals surface area contributed by atoms with Crippen LogP contribution in [0.5, 0.6) is 5.75 Å². The lowest BCUT2D eigenvalue weighted by Crippen LogP contribution is -2.23. The Morgan fingerprint density at radius 1 is 1.43 bits per heavy atom. The molecule has 0 atom stereocenters. The van der Waals surface area contributed by atoms with Gasteiger partial charge < -0.3 is 10.2 Å². The van der Waals surface area contributed by atoms with Crippen LogP contribution < -0.4 is 4.72 Å². The number of hydrogen-bond donors (Lipinski definition) is 3. The number of sulfonamides is 1. The maximum atomic E-state index is 12.1. The molecule has 2 aromatic rings. The van der Waals surface area contributed by atoms with Gasteiger partial charge >= 0.3 is 5.97 Å². The second-order valence-electron chi connectivity index (χ2n) is 4.17. The molecule has 0 aliphatic carbocycles. The summed E-state index contributed by atoms with van der Waals surface area (Å²) in [5, 5.41) is 18.9. The van der Waals surface area contributed by atoms with E-state index in [0.29, 0.717) is 5.01 Å². The fraction of sp³-hybridized carbons (Fsp3) is 0.167. The third kappa shape index (κ3) is 3.57. The molecule has 0 aliphatic heterocycles. The first-order chi connectivity index (χ1) is 9.79. The van der Waals surface area contributed by atoms with Crippen molar-refractivity contribution in [2.75, 3.05) is 0 Å². The molecule has 21 heavy (non-hydrogen) atoms. The number of benzene rings is 1. The van der Waals surface area contributed by atoms with Gasteiger partial charge in [-0.25, -0.2) is 22.9 Å². The van der Waals surface area contributed by atoms with Gasteiger partial charge in [-0.15, -0.1) is 11.3 Å². The molecule has 3 N–H and O–H groups in total. The molecule has 0 saturated carbocycles. The van der Waals surface area contributed by atoms with Gasteiger partial charge in [-0.2, -0.15) is 0 Å². The van der Waals surface area contributed by atoms with E-state index in [-0.39, 0.29) is 11.4 Å². The molecule has 1 aromatic carbocycles. The molecule has 0 spiro atoms. The van der Waals surface area contributed by atoms with Crippen LogP contribution in [0.1, 0.15) is 20.2 Å². The Balaban J connectivity index is 2.23. The minimum Gasteiger partial charge on any atom is -0.507 e. The third-order valence-electron chi connectivity index (χ3n) is 2.59. The zero-order chi connectivity index (χ0) is 15.6. The molecule has 0 radical (unpaired) electrons. The second-order valence-corrected chi connectivity index (χ2v) is 7.26. The zero-order valence-electron chi connectivity index (χ0n) is 10.9. The van der Waals surface area contributed by atoms with Gasteiger partial charge in [0.25, 0.3) is 0 Å². The predicted molar refractivity (Wildman–Crippen MR) is 75.9 cm³/mol. The summed E-state index contributed by atoms with van der Waals surface area (Å²) in [4.78, 5) is 15.7. The van der Waals surface area contributed by atoms with Crippen molar-refractivity contribution < 1.29 is 23.4 Å². The van der Waals surface area contributed by atoms with Crippen molar-refractivity contribution in [2.45, 2.75) is 18.4 Å². The first-order valence-electron chi connectivity index (χ1n) is 5.77. The van der Waals surface area contributed by atoms with Crippen molar-refractivity contribution in [2.24, 2.45) is 0 Å². The predicted octanol–water partition coefficient (Wildman–Crippen LogP) is 1.33. The van der Waals surface area contributed by atoms with Gasteiger partial charge in [0.15, 0.2) is 0 Å². The number of phenols is 1. The number of rotatable bonds is 5. The monoisotopic (exact) mass is 328 g/mol. The largest absolute Gasteiger partial charge is 0.507 e. The number of thiazole rings is 1. The normalized spacial score (nSPS) is 11.5. The van der Waals surface area contributed by atoms with E-state index in [1.165, 1.54) is 11.3 Å². The van der Waals surface area contributed by atoms with Crippen molar-refractivity contribution in [3.05, 3.63) is 39.8 Å². The minimum atomic E-state index is -3.88. The Kier molecular flexibility index (Phi) is 4.26. The first kappa shape index (κ1) is 15.4. The molecule has 0 bridgehead atoms. The van der Waals surface area contributed by atoms with Crippen LogP contribution in [-0.2, 0) is 16.6 Å². The van der Waals surface area contributed by atoms with Crippen LogP contribution in [0, 0.1) is 6.92 Å². The highest BCUT2D eigenvalue weighted by molar-refractivity contribution is 7.89. The van der Waals surface area contributed by atoms with Gasteiger partial charge in [0.1, 0.15) is 16.3 Å². The summed E-state index contributed by atoms with van der Waals surface area (Å²) in [5.74, 6) is -1.89. The number of nitrogens with one attached hydrogen (secondary N) is 1. The van der Waals surface area contributed by atoms with Gasteiger partial charge in [0.2, 0.25) is 10.0 Å². The van der Waals surface area contributed by atoms with E-state index < -0.39 is 27.3 Å². The van der Waals surface area contributed by atoms with Crippen LogP contribution in [0.25, 0.3) is 0 Å². The topological polar surface area (TPSA) is 117 Å². The van der Waals surface area contributed by atoms with Crippen LogP contribution in [0.15, 0.2) is 29.3 Å². The average Bonchev–Trinajstić information content (AvgIpc) is 2.82. The first-order valence-corrected chi connectivity index (χ1v) is 8.07. The summed E-state index contributed by atoms with van der Waals surface area (Å²) in [6.07, 6.45) is 1.64. The maximum Gasteiger partial charge on any atom is 0.339 e. The highest BCUT2D eigenvalue weighted by Gasteiger charge is 2.19. The van der Waals surface area contributed by atoms with Crippen LogP contribution >= 0.6 is 11.3 Å². The molecule has 0 saturated heterocycles. The highest BCUT2D eigenvalue weighted by Crippen LogP contribution is 2.21. The van der Waals surface area contributed by atoms with Gasteiger partial charge in [-0.3, -0.25) is 0 Å². The molecule has 7 nitrogen and oxygen atoms in total. The highest BCUT2D eigenvalue weighted by atomic mass is 32.2. The fourth-order valence-electron chi connectivity index (χ4n) is 1.58. The zero-order valence-corrected chi connectivity index (χ0v) is 12.5. The number of aromatic nitrogens is 1. The Morgan fingerprint density at radius 3 is 2.71 bits per heavy atom. The Bertz CT molecular complexity index is 783.